The Labute approximate surface area is 202 Å². The van der Waals surface area contributed by atoms with Crippen LogP contribution in [0.2, 0.25) is 0 Å². The summed E-state index contributed by atoms with van der Waals surface area (Å²) < 4.78 is 2.16. The lowest BCUT2D eigenvalue weighted by Crippen LogP contribution is -2.33. The highest BCUT2D eigenvalue weighted by Gasteiger charge is 2.09. The van der Waals surface area contributed by atoms with Crippen LogP contribution in [0.15, 0.2) is 115 Å². The highest BCUT2D eigenvalue weighted by atomic mass is 16.4. The molecule has 0 spiro atoms. The SMILES string of the molecule is C=Cc1ccc(C[n+]2ccc(/C=C/C(/C=C\C)=C/C=N/Cc3ccc(B(O)O)cc3)cc2)cc1. The Kier molecular flexibility index (Phi) is 9.53. The summed E-state index contributed by atoms with van der Waals surface area (Å²) in [4.78, 5) is 4.45. The van der Waals surface area contributed by atoms with Gasteiger partial charge in [-0.3, -0.25) is 4.99 Å². The lowest BCUT2D eigenvalue weighted by molar-refractivity contribution is -0.688. The van der Waals surface area contributed by atoms with E-state index < -0.39 is 7.12 Å². The van der Waals surface area contributed by atoms with Crippen LogP contribution < -0.4 is 10.0 Å². The third-order valence-electron chi connectivity index (χ3n) is 5.25. The van der Waals surface area contributed by atoms with Crippen LogP contribution in [0.4, 0.5) is 0 Å². The first kappa shape index (κ1) is 24.8. The molecule has 5 heteroatoms. The smallest absolute Gasteiger partial charge is 0.423 e. The van der Waals surface area contributed by atoms with E-state index in [0.29, 0.717) is 12.0 Å². The molecule has 0 bridgehead atoms. The number of benzene rings is 2. The third-order valence-corrected chi connectivity index (χ3v) is 5.25. The van der Waals surface area contributed by atoms with Crippen molar-refractivity contribution < 1.29 is 14.6 Å². The lowest BCUT2D eigenvalue weighted by Gasteiger charge is -2.00. The van der Waals surface area contributed by atoms with Crippen LogP contribution >= 0.6 is 0 Å². The number of aliphatic imine (C=N–C) groups is 1. The first-order chi connectivity index (χ1) is 16.6. The van der Waals surface area contributed by atoms with Crippen molar-refractivity contribution in [2.24, 2.45) is 4.99 Å². The van der Waals surface area contributed by atoms with Gasteiger partial charge >= 0.3 is 7.12 Å². The summed E-state index contributed by atoms with van der Waals surface area (Å²) in [7, 11) is -1.44. The maximum atomic E-state index is 9.16. The molecule has 4 nitrogen and oxygen atoms in total. The normalized spacial score (nSPS) is 12.1. The van der Waals surface area contributed by atoms with Crippen molar-refractivity contribution >= 4 is 30.9 Å². The van der Waals surface area contributed by atoms with Gasteiger partial charge in [-0.05, 0) is 40.7 Å². The van der Waals surface area contributed by atoms with E-state index in [1.807, 2.05) is 43.4 Å². The highest BCUT2D eigenvalue weighted by molar-refractivity contribution is 6.58. The molecule has 2 aromatic carbocycles. The summed E-state index contributed by atoms with van der Waals surface area (Å²) in [5.74, 6) is 0. The quantitative estimate of drug-likeness (QED) is 0.212. The first-order valence-corrected chi connectivity index (χ1v) is 11.2. The van der Waals surface area contributed by atoms with E-state index in [9.17, 15) is 0 Å². The van der Waals surface area contributed by atoms with E-state index >= 15 is 0 Å². The Balaban J connectivity index is 1.58. The summed E-state index contributed by atoms with van der Waals surface area (Å²) in [6.45, 7) is 7.14. The van der Waals surface area contributed by atoms with Crippen molar-refractivity contribution in [3.8, 4) is 0 Å². The molecule has 34 heavy (non-hydrogen) atoms. The van der Waals surface area contributed by atoms with Gasteiger partial charge in [0.2, 0.25) is 0 Å². The van der Waals surface area contributed by atoms with E-state index in [4.69, 9.17) is 10.0 Å². The number of nitrogens with zero attached hydrogens (tertiary/aromatic N) is 2. The minimum Gasteiger partial charge on any atom is -0.423 e. The summed E-state index contributed by atoms with van der Waals surface area (Å²) in [5, 5.41) is 18.3. The molecule has 3 aromatic rings. The Morgan fingerprint density at radius 3 is 2.21 bits per heavy atom. The van der Waals surface area contributed by atoms with Crippen LogP contribution in [-0.4, -0.2) is 23.4 Å². The summed E-state index contributed by atoms with van der Waals surface area (Å²) >= 11 is 0. The molecule has 0 atom stereocenters. The van der Waals surface area contributed by atoms with Crippen molar-refractivity contribution in [3.63, 3.8) is 0 Å². The molecule has 0 fully saturated rings. The largest absolute Gasteiger partial charge is 0.488 e. The molecular weight excluding hydrogens is 419 g/mol. The molecule has 0 aliphatic heterocycles. The fourth-order valence-electron chi connectivity index (χ4n) is 3.30. The Morgan fingerprint density at radius 2 is 1.59 bits per heavy atom. The van der Waals surface area contributed by atoms with Crippen LogP contribution in [0.1, 0.15) is 29.2 Å². The van der Waals surface area contributed by atoms with Crippen LogP contribution in [0.3, 0.4) is 0 Å². The lowest BCUT2D eigenvalue weighted by atomic mass is 9.80. The van der Waals surface area contributed by atoms with E-state index in [1.165, 1.54) is 5.56 Å². The summed E-state index contributed by atoms with van der Waals surface area (Å²) in [5.41, 5.74) is 6.02. The molecule has 0 unspecified atom stereocenters. The van der Waals surface area contributed by atoms with Crippen molar-refractivity contribution in [1.82, 2.24) is 0 Å². The predicted molar refractivity (Wildman–Crippen MR) is 143 cm³/mol. The van der Waals surface area contributed by atoms with Gasteiger partial charge in [-0.15, -0.1) is 0 Å². The van der Waals surface area contributed by atoms with Gasteiger partial charge in [0, 0.05) is 23.9 Å². The van der Waals surface area contributed by atoms with Crippen molar-refractivity contribution in [1.29, 1.82) is 0 Å². The maximum absolute atomic E-state index is 9.16. The van der Waals surface area contributed by atoms with E-state index in [0.717, 1.165) is 28.8 Å². The van der Waals surface area contributed by atoms with E-state index in [2.05, 4.69) is 77.1 Å². The van der Waals surface area contributed by atoms with Crippen molar-refractivity contribution in [2.45, 2.75) is 20.0 Å². The van der Waals surface area contributed by atoms with Crippen LogP contribution in [0.25, 0.3) is 12.2 Å². The maximum Gasteiger partial charge on any atom is 0.488 e. The number of pyridine rings is 1. The van der Waals surface area contributed by atoms with Crippen LogP contribution in [0.5, 0.6) is 0 Å². The Bertz CT molecular complexity index is 1170. The second kappa shape index (κ2) is 13.0. The number of rotatable bonds is 10. The third kappa shape index (κ3) is 7.96. The monoisotopic (exact) mass is 449 g/mol. The predicted octanol–water partition coefficient (Wildman–Crippen LogP) is 4.13. The minimum absolute atomic E-state index is 0.474. The average Bonchev–Trinajstić information content (AvgIpc) is 2.86. The second-order valence-electron chi connectivity index (χ2n) is 7.85. The van der Waals surface area contributed by atoms with Gasteiger partial charge in [0.1, 0.15) is 0 Å². The number of hydrogen-bond acceptors (Lipinski definition) is 3. The molecule has 3 rings (SSSR count). The van der Waals surface area contributed by atoms with Gasteiger partial charge in [-0.1, -0.05) is 85.5 Å². The highest BCUT2D eigenvalue weighted by Crippen LogP contribution is 2.08. The number of aromatic nitrogens is 1. The number of allylic oxidation sites excluding steroid dienone is 5. The molecule has 0 aliphatic rings. The molecular formula is C29H30BN2O2+. The van der Waals surface area contributed by atoms with E-state index in [-0.39, 0.29) is 0 Å². The van der Waals surface area contributed by atoms with Crippen molar-refractivity contribution in [2.75, 3.05) is 0 Å². The molecule has 0 saturated heterocycles. The standard InChI is InChI=1S/C29H30BN2O2/c1-3-5-25(16-19-31-22-27-12-14-29(15-13-27)30(33)34)8-9-26-17-20-32(21-18-26)23-28-10-6-24(4-2)7-11-28/h3-21,33-34H,2,22-23H2,1H3/q+1/b5-3-,9-8+,25-16+,31-19+. The fraction of sp³-hybridized carbons (Fsp3) is 0.103. The average molecular weight is 449 g/mol. The topological polar surface area (TPSA) is 56.7 Å². The van der Waals surface area contributed by atoms with E-state index in [1.54, 1.807) is 18.3 Å². The number of hydrogen-bond donors (Lipinski definition) is 2. The second-order valence-corrected chi connectivity index (χ2v) is 7.85. The zero-order chi connectivity index (χ0) is 24.2. The summed E-state index contributed by atoms with van der Waals surface area (Å²) in [6, 6.07) is 19.7. The zero-order valence-corrected chi connectivity index (χ0v) is 19.5. The van der Waals surface area contributed by atoms with Crippen LogP contribution in [-0.2, 0) is 13.1 Å². The molecule has 1 heterocycles. The first-order valence-electron chi connectivity index (χ1n) is 11.2. The Morgan fingerprint density at radius 1 is 0.912 bits per heavy atom. The van der Waals surface area contributed by atoms with Gasteiger partial charge in [0.25, 0.3) is 0 Å². The molecule has 0 amide bonds. The van der Waals surface area contributed by atoms with Crippen LogP contribution in [0, 0.1) is 0 Å². The molecule has 0 saturated carbocycles. The zero-order valence-electron chi connectivity index (χ0n) is 19.5. The molecule has 170 valence electrons. The van der Waals surface area contributed by atoms with Gasteiger partial charge < -0.3 is 10.0 Å². The minimum atomic E-state index is -1.44. The molecule has 1 aromatic heterocycles. The fourth-order valence-corrected chi connectivity index (χ4v) is 3.30. The van der Waals surface area contributed by atoms with Gasteiger partial charge in [-0.25, -0.2) is 4.57 Å². The molecule has 2 N–H and O–H groups in total. The molecule has 0 radical (unpaired) electrons. The van der Waals surface area contributed by atoms with Gasteiger partial charge in [-0.2, -0.15) is 0 Å². The molecule has 0 aliphatic carbocycles. The van der Waals surface area contributed by atoms with Gasteiger partial charge in [0.05, 0.1) is 6.54 Å². The van der Waals surface area contributed by atoms with Crippen molar-refractivity contribution in [3.05, 3.63) is 132 Å². The Hall–Kier alpha value is -3.80. The summed E-state index contributed by atoms with van der Waals surface area (Å²) in [6.07, 6.45) is 18.0. The van der Waals surface area contributed by atoms with Gasteiger partial charge in [0.15, 0.2) is 18.9 Å².